The van der Waals surface area contributed by atoms with Crippen LogP contribution in [-0.2, 0) is 6.54 Å². The fourth-order valence-electron chi connectivity index (χ4n) is 1.63. The zero-order valence-corrected chi connectivity index (χ0v) is 12.4. The molecule has 1 aromatic carbocycles. The molecule has 0 amide bonds. The van der Waals surface area contributed by atoms with Gasteiger partial charge in [-0.1, -0.05) is 23.7 Å². The average Bonchev–Trinajstić information content (AvgIpc) is 2.78. The molecular formula is C12H14BrClN4. The highest BCUT2D eigenvalue weighted by molar-refractivity contribution is 9.10. The first-order valence-corrected chi connectivity index (χ1v) is 6.95. The van der Waals surface area contributed by atoms with Crippen LogP contribution in [0, 0.1) is 0 Å². The lowest BCUT2D eigenvalue weighted by Crippen LogP contribution is -2.16. The van der Waals surface area contributed by atoms with Crippen molar-refractivity contribution in [3.63, 3.8) is 0 Å². The van der Waals surface area contributed by atoms with E-state index in [4.69, 9.17) is 11.6 Å². The summed E-state index contributed by atoms with van der Waals surface area (Å²) in [6.45, 7) is 3.86. The van der Waals surface area contributed by atoms with Crippen molar-refractivity contribution in [2.75, 3.05) is 6.54 Å². The second kappa shape index (κ2) is 6.31. The maximum absolute atomic E-state index is 5.93. The van der Waals surface area contributed by atoms with Gasteiger partial charge in [-0.25, -0.2) is 4.68 Å². The monoisotopic (exact) mass is 328 g/mol. The summed E-state index contributed by atoms with van der Waals surface area (Å²) in [7, 11) is 0. The zero-order chi connectivity index (χ0) is 13.0. The average molecular weight is 330 g/mol. The van der Waals surface area contributed by atoms with Gasteiger partial charge in [-0.05, 0) is 47.1 Å². The van der Waals surface area contributed by atoms with Crippen LogP contribution in [0.25, 0.3) is 5.69 Å². The molecule has 0 spiro atoms. The van der Waals surface area contributed by atoms with Crippen LogP contribution < -0.4 is 5.32 Å². The molecule has 0 aliphatic heterocycles. The maximum atomic E-state index is 5.93. The lowest BCUT2D eigenvalue weighted by atomic mass is 10.3. The highest BCUT2D eigenvalue weighted by Gasteiger charge is 2.09. The largest absolute Gasteiger partial charge is 0.311 e. The molecule has 2 rings (SSSR count). The van der Waals surface area contributed by atoms with Crippen molar-refractivity contribution in [3.8, 4) is 5.69 Å². The molecule has 0 atom stereocenters. The molecule has 0 fully saturated rings. The molecule has 0 radical (unpaired) electrons. The highest BCUT2D eigenvalue weighted by atomic mass is 79.9. The van der Waals surface area contributed by atoms with Crippen LogP contribution in [0.2, 0.25) is 5.02 Å². The first-order chi connectivity index (χ1) is 8.72. The first-order valence-electron chi connectivity index (χ1n) is 5.78. The van der Waals surface area contributed by atoms with Gasteiger partial charge in [-0.3, -0.25) is 0 Å². The highest BCUT2D eigenvalue weighted by Crippen LogP contribution is 2.25. The summed E-state index contributed by atoms with van der Waals surface area (Å²) in [5, 5.41) is 12.1. The quantitative estimate of drug-likeness (QED) is 0.857. The molecule has 0 saturated carbocycles. The summed E-state index contributed by atoms with van der Waals surface area (Å²) < 4.78 is 2.71. The summed E-state index contributed by atoms with van der Waals surface area (Å²) in [5.74, 6) is 0. The molecule has 1 heterocycles. The summed E-state index contributed by atoms with van der Waals surface area (Å²) >= 11 is 9.42. The molecular weight excluding hydrogens is 316 g/mol. The van der Waals surface area contributed by atoms with Crippen molar-refractivity contribution in [1.82, 2.24) is 20.3 Å². The number of hydrogen-bond acceptors (Lipinski definition) is 3. The number of hydrogen-bond donors (Lipinski definition) is 1. The standard InChI is InChI=1S/C12H14BrClN4/c1-2-5-15-7-10-8-16-17-18(10)12-4-3-9(14)6-11(12)13/h3-4,6,8,15H,2,5,7H2,1H3. The third kappa shape index (κ3) is 3.10. The molecule has 18 heavy (non-hydrogen) atoms. The zero-order valence-electron chi connectivity index (χ0n) is 10.0. The molecule has 4 nitrogen and oxygen atoms in total. The SMILES string of the molecule is CCCNCc1cnnn1-c1ccc(Cl)cc1Br. The number of nitrogens with zero attached hydrogens (tertiary/aromatic N) is 3. The van der Waals surface area contributed by atoms with Gasteiger partial charge in [-0.2, -0.15) is 0 Å². The van der Waals surface area contributed by atoms with Crippen LogP contribution in [0.4, 0.5) is 0 Å². The van der Waals surface area contributed by atoms with Crippen molar-refractivity contribution in [2.45, 2.75) is 19.9 Å². The van der Waals surface area contributed by atoms with Crippen LogP contribution in [0.15, 0.2) is 28.9 Å². The Morgan fingerprint density at radius 3 is 3.00 bits per heavy atom. The topological polar surface area (TPSA) is 42.7 Å². The van der Waals surface area contributed by atoms with Gasteiger partial charge in [0.25, 0.3) is 0 Å². The molecule has 0 bridgehead atoms. The van der Waals surface area contributed by atoms with E-state index < -0.39 is 0 Å². The van der Waals surface area contributed by atoms with E-state index in [1.54, 1.807) is 6.20 Å². The van der Waals surface area contributed by atoms with Crippen molar-refractivity contribution in [3.05, 3.63) is 39.6 Å². The normalized spacial score (nSPS) is 10.8. The van der Waals surface area contributed by atoms with E-state index in [2.05, 4.69) is 38.5 Å². The van der Waals surface area contributed by atoms with E-state index in [0.717, 1.165) is 35.4 Å². The van der Waals surface area contributed by atoms with E-state index in [9.17, 15) is 0 Å². The molecule has 1 aromatic heterocycles. The second-order valence-electron chi connectivity index (χ2n) is 3.91. The Kier molecular flexibility index (Phi) is 4.74. The maximum Gasteiger partial charge on any atom is 0.0810 e. The van der Waals surface area contributed by atoms with Gasteiger partial charge in [0.15, 0.2) is 0 Å². The smallest absolute Gasteiger partial charge is 0.0810 e. The minimum absolute atomic E-state index is 0.691. The summed E-state index contributed by atoms with van der Waals surface area (Å²) in [4.78, 5) is 0. The molecule has 0 aliphatic carbocycles. The Bertz CT molecular complexity index is 527. The Balaban J connectivity index is 2.25. The van der Waals surface area contributed by atoms with Crippen LogP contribution in [0.1, 0.15) is 19.0 Å². The van der Waals surface area contributed by atoms with E-state index >= 15 is 0 Å². The fourth-order valence-corrected chi connectivity index (χ4v) is 2.48. The molecule has 2 aromatic rings. The van der Waals surface area contributed by atoms with Crippen LogP contribution in [0.5, 0.6) is 0 Å². The predicted octanol–water partition coefficient (Wildman–Crippen LogP) is 3.18. The van der Waals surface area contributed by atoms with Crippen LogP contribution >= 0.6 is 27.5 Å². The number of aromatic nitrogens is 3. The summed E-state index contributed by atoms with van der Waals surface area (Å²) in [5.41, 5.74) is 1.96. The lowest BCUT2D eigenvalue weighted by Gasteiger charge is -2.09. The Morgan fingerprint density at radius 2 is 2.28 bits per heavy atom. The van der Waals surface area contributed by atoms with Crippen molar-refractivity contribution in [1.29, 1.82) is 0 Å². The Morgan fingerprint density at radius 1 is 1.44 bits per heavy atom. The molecule has 0 aliphatic rings. The molecule has 0 saturated heterocycles. The molecule has 0 unspecified atom stereocenters. The van der Waals surface area contributed by atoms with Gasteiger partial charge in [-0.15, -0.1) is 5.10 Å². The number of benzene rings is 1. The summed E-state index contributed by atoms with van der Waals surface area (Å²) in [6.07, 6.45) is 2.87. The third-order valence-electron chi connectivity index (χ3n) is 2.49. The van der Waals surface area contributed by atoms with Gasteiger partial charge >= 0.3 is 0 Å². The van der Waals surface area contributed by atoms with Gasteiger partial charge in [0.1, 0.15) is 0 Å². The van der Waals surface area contributed by atoms with Crippen molar-refractivity contribution < 1.29 is 0 Å². The van der Waals surface area contributed by atoms with Gasteiger partial charge in [0.2, 0.25) is 0 Å². The third-order valence-corrected chi connectivity index (χ3v) is 3.36. The van der Waals surface area contributed by atoms with E-state index in [1.165, 1.54) is 0 Å². The number of rotatable bonds is 5. The van der Waals surface area contributed by atoms with Crippen LogP contribution in [-0.4, -0.2) is 21.5 Å². The Hall–Kier alpha value is -0.910. The van der Waals surface area contributed by atoms with Crippen molar-refractivity contribution >= 4 is 27.5 Å². The lowest BCUT2D eigenvalue weighted by molar-refractivity contribution is 0.640. The van der Waals surface area contributed by atoms with E-state index in [0.29, 0.717) is 5.02 Å². The van der Waals surface area contributed by atoms with Gasteiger partial charge in [0.05, 0.1) is 17.6 Å². The minimum atomic E-state index is 0.691. The summed E-state index contributed by atoms with van der Waals surface area (Å²) in [6, 6.07) is 5.61. The predicted molar refractivity (Wildman–Crippen MR) is 76.1 cm³/mol. The first kappa shape index (κ1) is 13.5. The van der Waals surface area contributed by atoms with E-state index in [1.807, 2.05) is 22.9 Å². The second-order valence-corrected chi connectivity index (χ2v) is 5.20. The van der Waals surface area contributed by atoms with E-state index in [-0.39, 0.29) is 0 Å². The van der Waals surface area contributed by atoms with Crippen molar-refractivity contribution in [2.24, 2.45) is 0 Å². The minimum Gasteiger partial charge on any atom is -0.311 e. The van der Waals surface area contributed by atoms with Gasteiger partial charge in [0, 0.05) is 16.0 Å². The van der Waals surface area contributed by atoms with Gasteiger partial charge < -0.3 is 5.32 Å². The number of halogens is 2. The van der Waals surface area contributed by atoms with Crippen LogP contribution in [0.3, 0.4) is 0 Å². The Labute approximate surface area is 119 Å². The number of nitrogens with one attached hydrogen (secondary N) is 1. The fraction of sp³-hybridized carbons (Fsp3) is 0.333. The molecule has 96 valence electrons. The molecule has 1 N–H and O–H groups in total. The molecule has 6 heteroatoms.